The van der Waals surface area contributed by atoms with Crippen LogP contribution in [0.5, 0.6) is 0 Å². The molecule has 0 aromatic heterocycles. The summed E-state index contributed by atoms with van der Waals surface area (Å²) in [5.74, 6) is 0. The van der Waals surface area contributed by atoms with Crippen molar-refractivity contribution in [1.29, 1.82) is 0 Å². The Morgan fingerprint density at radius 1 is 1.00 bits per heavy atom. The number of hydrogen-bond donors (Lipinski definition) is 1. The minimum Gasteiger partial charge on any atom is -0.775 e. The molecule has 190 valence electrons. The topological polar surface area (TPSA) is 66.6 Å². The summed E-state index contributed by atoms with van der Waals surface area (Å²) in [5.41, 5.74) is 7.71. The van der Waals surface area contributed by atoms with Gasteiger partial charge in [0.15, 0.2) is 13.3 Å². The Hall–Kier alpha value is -2.72. The summed E-state index contributed by atoms with van der Waals surface area (Å²) in [6, 6.07) is 11.6. The molecule has 0 amide bonds. The highest BCUT2D eigenvalue weighted by molar-refractivity contribution is 7.58. The van der Waals surface area contributed by atoms with Gasteiger partial charge in [-0.05, 0) is 64.5 Å². The maximum atomic E-state index is 11.7. The zero-order valence-electron chi connectivity index (χ0n) is 22.4. The molecule has 0 aliphatic carbocycles. The van der Waals surface area contributed by atoms with Gasteiger partial charge in [-0.15, -0.1) is 0 Å². The highest BCUT2D eigenvalue weighted by Gasteiger charge is 2.44. The molecule has 0 bridgehead atoms. The molecule has 2 heterocycles. The Kier molecular flexibility index (Phi) is 6.81. The molecule has 2 aromatic rings. The van der Waals surface area contributed by atoms with Gasteiger partial charge in [0, 0.05) is 46.4 Å². The molecule has 2 aromatic carbocycles. The van der Waals surface area contributed by atoms with Crippen molar-refractivity contribution in [2.45, 2.75) is 59.3 Å². The fourth-order valence-electron chi connectivity index (χ4n) is 5.67. The molecule has 36 heavy (non-hydrogen) atoms. The third kappa shape index (κ3) is 4.34. The minimum absolute atomic E-state index is 0.0435. The van der Waals surface area contributed by atoms with Gasteiger partial charge in [-0.3, -0.25) is 0 Å². The molecular formula is C30H37N2O3P. The van der Waals surface area contributed by atoms with Gasteiger partial charge in [-0.25, -0.2) is 0 Å². The van der Waals surface area contributed by atoms with Gasteiger partial charge in [0.1, 0.15) is 6.54 Å². The Balaban J connectivity index is 1.63. The van der Waals surface area contributed by atoms with E-state index in [9.17, 15) is 14.4 Å². The van der Waals surface area contributed by atoms with E-state index >= 15 is 0 Å². The second-order valence-corrected chi connectivity index (χ2v) is 12.2. The smallest absolute Gasteiger partial charge is 0.209 e. The van der Waals surface area contributed by atoms with Gasteiger partial charge < -0.3 is 19.3 Å². The van der Waals surface area contributed by atoms with Crippen LogP contribution in [0.4, 0.5) is 11.4 Å². The van der Waals surface area contributed by atoms with Crippen molar-refractivity contribution in [3.05, 3.63) is 89.2 Å². The fourth-order valence-corrected chi connectivity index (χ4v) is 6.22. The molecule has 0 saturated carbocycles. The van der Waals surface area contributed by atoms with E-state index in [0.717, 1.165) is 30.1 Å². The number of likely N-dealkylation sites (N-methyl/N-ethyl adjacent to an activating group) is 1. The second-order valence-electron chi connectivity index (χ2n) is 10.7. The molecule has 1 atom stereocenters. The second kappa shape index (κ2) is 9.30. The Morgan fingerprint density at radius 2 is 1.72 bits per heavy atom. The summed E-state index contributed by atoms with van der Waals surface area (Å²) in [7, 11) is -4.56. The summed E-state index contributed by atoms with van der Waals surface area (Å²) in [4.78, 5) is 23.7. The first-order chi connectivity index (χ1) is 16.8. The molecule has 6 heteroatoms. The number of nitrogens with zero attached hydrogens (tertiary/aromatic N) is 2. The molecular weight excluding hydrogens is 467 g/mol. The van der Waals surface area contributed by atoms with Gasteiger partial charge in [0.25, 0.3) is 0 Å². The SMILES string of the molecule is CCN1/C(=C/C=C/C=C/C2=[N+](CC)c3ccc(P(=O)([O-])O)cc3C2(C)C)C(C)(C)c2cc(C)ccc21. The number of fused-ring (bicyclic) bond motifs is 2. The van der Waals surface area contributed by atoms with E-state index in [4.69, 9.17) is 0 Å². The molecule has 2 aliphatic rings. The van der Waals surface area contributed by atoms with Crippen LogP contribution in [0.2, 0.25) is 0 Å². The summed E-state index contributed by atoms with van der Waals surface area (Å²) in [6.45, 7) is 16.8. The molecule has 0 spiro atoms. The molecule has 2 aliphatic heterocycles. The highest BCUT2D eigenvalue weighted by Crippen LogP contribution is 2.48. The normalized spacial score (nSPS) is 21.0. The van der Waals surface area contributed by atoms with Gasteiger partial charge in [-0.2, -0.15) is 4.58 Å². The van der Waals surface area contributed by atoms with Gasteiger partial charge in [-0.1, -0.05) is 49.8 Å². The molecule has 1 N–H and O–H groups in total. The lowest BCUT2D eigenvalue weighted by Crippen LogP contribution is -2.28. The summed E-state index contributed by atoms with van der Waals surface area (Å²) in [5, 5.41) is -0.0435. The van der Waals surface area contributed by atoms with Crippen LogP contribution in [0, 0.1) is 6.92 Å². The lowest BCUT2D eigenvalue weighted by atomic mass is 9.81. The number of hydrogen-bond acceptors (Lipinski definition) is 3. The zero-order valence-corrected chi connectivity index (χ0v) is 23.3. The standard InChI is InChI=1S/C30H37N2O3P/c1-8-31-25-17-15-21(3)19-23(25)29(4,5)27(31)13-11-10-12-14-28-30(6,7)24-20-22(36(33,34)35)16-18-26(24)32(28)9-2/h10-20H,8-9H2,1-7H3,(H-,33,34,35). The van der Waals surface area contributed by atoms with Crippen molar-refractivity contribution in [2.24, 2.45) is 0 Å². The maximum Gasteiger partial charge on any atom is 0.209 e. The fraction of sp³-hybridized carbons (Fsp3) is 0.367. The van der Waals surface area contributed by atoms with Crippen LogP contribution in [0.1, 0.15) is 58.2 Å². The molecule has 5 nitrogen and oxygen atoms in total. The number of rotatable bonds is 6. The number of benzene rings is 2. The number of allylic oxidation sites excluding steroid dienone is 6. The van der Waals surface area contributed by atoms with E-state index in [1.807, 2.05) is 6.08 Å². The van der Waals surface area contributed by atoms with Crippen LogP contribution < -0.4 is 15.1 Å². The van der Waals surface area contributed by atoms with Crippen molar-refractivity contribution in [2.75, 3.05) is 18.0 Å². The van der Waals surface area contributed by atoms with Crippen LogP contribution in [0.15, 0.2) is 72.5 Å². The number of aryl methyl sites for hydroxylation is 1. The van der Waals surface area contributed by atoms with Crippen molar-refractivity contribution in [3.8, 4) is 0 Å². The Morgan fingerprint density at radius 3 is 2.36 bits per heavy atom. The molecule has 4 rings (SSSR count). The van der Waals surface area contributed by atoms with E-state index < -0.39 is 13.0 Å². The summed E-state index contributed by atoms with van der Waals surface area (Å²) < 4.78 is 13.9. The van der Waals surface area contributed by atoms with Crippen LogP contribution in [-0.2, 0) is 15.4 Å². The average molecular weight is 505 g/mol. The average Bonchev–Trinajstić information content (AvgIpc) is 3.16. The summed E-state index contributed by atoms with van der Waals surface area (Å²) >= 11 is 0. The van der Waals surface area contributed by atoms with Crippen molar-refractivity contribution in [1.82, 2.24) is 0 Å². The minimum atomic E-state index is -4.56. The molecule has 0 radical (unpaired) electrons. The van der Waals surface area contributed by atoms with E-state index in [-0.39, 0.29) is 10.7 Å². The highest BCUT2D eigenvalue weighted by atomic mass is 31.2. The Labute approximate surface area is 215 Å². The van der Waals surface area contributed by atoms with Crippen molar-refractivity contribution in [3.63, 3.8) is 0 Å². The lowest BCUT2D eigenvalue weighted by Gasteiger charge is -2.25. The van der Waals surface area contributed by atoms with E-state index in [2.05, 4.69) is 100 Å². The van der Waals surface area contributed by atoms with E-state index in [1.165, 1.54) is 28.6 Å². The quantitative estimate of drug-likeness (QED) is 0.326. The molecule has 0 saturated heterocycles. The van der Waals surface area contributed by atoms with Crippen molar-refractivity contribution < 1.29 is 18.9 Å². The van der Waals surface area contributed by atoms with Gasteiger partial charge >= 0.3 is 0 Å². The third-order valence-corrected chi connectivity index (χ3v) is 8.54. The molecule has 0 fully saturated rings. The first-order valence-corrected chi connectivity index (χ1v) is 14.2. The van der Waals surface area contributed by atoms with Crippen LogP contribution >= 0.6 is 7.60 Å². The Bertz CT molecular complexity index is 1370. The van der Waals surface area contributed by atoms with Crippen LogP contribution in [-0.4, -0.2) is 28.3 Å². The van der Waals surface area contributed by atoms with Gasteiger partial charge in [0.05, 0.1) is 5.41 Å². The molecule has 1 unspecified atom stereocenters. The lowest BCUT2D eigenvalue weighted by molar-refractivity contribution is -0.433. The van der Waals surface area contributed by atoms with Crippen LogP contribution in [0.3, 0.4) is 0 Å². The number of anilines is 1. The van der Waals surface area contributed by atoms with E-state index in [1.54, 1.807) is 12.1 Å². The van der Waals surface area contributed by atoms with Gasteiger partial charge in [0.2, 0.25) is 5.69 Å². The predicted octanol–water partition coefficient (Wildman–Crippen LogP) is 5.38. The zero-order chi connectivity index (χ0) is 26.5. The predicted molar refractivity (Wildman–Crippen MR) is 148 cm³/mol. The van der Waals surface area contributed by atoms with E-state index in [0.29, 0.717) is 0 Å². The van der Waals surface area contributed by atoms with Crippen LogP contribution in [0.25, 0.3) is 0 Å². The third-order valence-electron chi connectivity index (χ3n) is 7.61. The first kappa shape index (κ1) is 26.3. The monoisotopic (exact) mass is 504 g/mol. The summed E-state index contributed by atoms with van der Waals surface area (Å²) in [6.07, 6.45) is 10.5. The largest absolute Gasteiger partial charge is 0.775 e. The maximum absolute atomic E-state index is 11.7. The first-order valence-electron chi connectivity index (χ1n) is 12.6. The van der Waals surface area contributed by atoms with Crippen molar-refractivity contribution >= 4 is 30.0 Å².